The second-order valence-electron chi connectivity index (χ2n) is 4.38. The summed E-state index contributed by atoms with van der Waals surface area (Å²) in [4.78, 5) is 4.26. The van der Waals surface area contributed by atoms with Crippen LogP contribution in [0.2, 0.25) is 0 Å². The number of methoxy groups -OCH3 is 1. The summed E-state index contributed by atoms with van der Waals surface area (Å²) in [6, 6.07) is 11.6. The zero-order chi connectivity index (χ0) is 13.7. The molecular weight excluding hydrogens is 306 g/mol. The molecule has 0 saturated heterocycles. The van der Waals surface area contributed by atoms with E-state index >= 15 is 0 Å². The summed E-state index contributed by atoms with van der Waals surface area (Å²) in [5.74, 6) is 0.827. The molecule has 0 radical (unpaired) electrons. The van der Waals surface area contributed by atoms with Crippen molar-refractivity contribution in [1.29, 1.82) is 0 Å². The zero-order valence-corrected chi connectivity index (χ0v) is 12.3. The normalized spacial score (nSPS) is 12.2. The SMILES string of the molecule is COc1ccc(CC(O)Cc2ccc(Br)cn2)cc1. The molecule has 0 bridgehead atoms. The van der Waals surface area contributed by atoms with Crippen LogP contribution in [0.3, 0.4) is 0 Å². The second-order valence-corrected chi connectivity index (χ2v) is 5.29. The molecule has 1 atom stereocenters. The van der Waals surface area contributed by atoms with E-state index in [4.69, 9.17) is 4.74 Å². The Kier molecular flexibility index (Phi) is 4.93. The molecule has 4 heteroatoms. The number of halogens is 1. The van der Waals surface area contributed by atoms with Crippen LogP contribution in [0.25, 0.3) is 0 Å². The van der Waals surface area contributed by atoms with E-state index in [1.807, 2.05) is 36.4 Å². The van der Waals surface area contributed by atoms with Gasteiger partial charge in [0.25, 0.3) is 0 Å². The molecule has 1 N–H and O–H groups in total. The van der Waals surface area contributed by atoms with Crippen LogP contribution >= 0.6 is 15.9 Å². The fourth-order valence-corrected chi connectivity index (χ4v) is 2.11. The molecule has 1 aromatic heterocycles. The maximum absolute atomic E-state index is 10.1. The van der Waals surface area contributed by atoms with E-state index in [2.05, 4.69) is 20.9 Å². The Morgan fingerprint density at radius 2 is 1.89 bits per heavy atom. The van der Waals surface area contributed by atoms with Gasteiger partial charge in [-0.15, -0.1) is 0 Å². The van der Waals surface area contributed by atoms with Gasteiger partial charge in [0.1, 0.15) is 5.75 Å². The molecule has 0 amide bonds. The van der Waals surface area contributed by atoms with Crippen LogP contribution in [-0.2, 0) is 12.8 Å². The first-order valence-corrected chi connectivity index (χ1v) is 6.88. The van der Waals surface area contributed by atoms with Crippen LogP contribution in [0, 0.1) is 0 Å². The average molecular weight is 322 g/mol. The second kappa shape index (κ2) is 6.68. The highest BCUT2D eigenvalue weighted by molar-refractivity contribution is 9.10. The maximum Gasteiger partial charge on any atom is 0.118 e. The van der Waals surface area contributed by atoms with Gasteiger partial charge in [-0.25, -0.2) is 0 Å². The smallest absolute Gasteiger partial charge is 0.118 e. The quantitative estimate of drug-likeness (QED) is 0.920. The van der Waals surface area contributed by atoms with Gasteiger partial charge in [0.05, 0.1) is 13.2 Å². The molecule has 100 valence electrons. The highest BCUT2D eigenvalue weighted by Gasteiger charge is 2.08. The number of aliphatic hydroxyl groups excluding tert-OH is 1. The molecule has 3 nitrogen and oxygen atoms in total. The number of rotatable bonds is 5. The van der Waals surface area contributed by atoms with Crippen molar-refractivity contribution in [2.45, 2.75) is 18.9 Å². The van der Waals surface area contributed by atoms with E-state index in [1.54, 1.807) is 13.3 Å². The Bertz CT molecular complexity index is 511. The zero-order valence-electron chi connectivity index (χ0n) is 10.7. The predicted octanol–water partition coefficient (Wildman–Crippen LogP) is 3.00. The third kappa shape index (κ3) is 4.33. The van der Waals surface area contributed by atoms with E-state index in [1.165, 1.54) is 0 Å². The standard InChI is InChI=1S/C15H16BrNO2/c1-19-15-6-2-11(3-7-15)8-14(18)9-13-5-4-12(16)10-17-13/h2-7,10,14,18H,8-9H2,1H3. The van der Waals surface area contributed by atoms with E-state index in [0.29, 0.717) is 12.8 Å². The van der Waals surface area contributed by atoms with Crippen LogP contribution in [0.15, 0.2) is 47.1 Å². The van der Waals surface area contributed by atoms with Crippen LogP contribution in [0.1, 0.15) is 11.3 Å². The minimum absolute atomic E-state index is 0.429. The van der Waals surface area contributed by atoms with Crippen molar-refractivity contribution >= 4 is 15.9 Å². The van der Waals surface area contributed by atoms with E-state index in [-0.39, 0.29) is 0 Å². The number of hydrogen-bond acceptors (Lipinski definition) is 3. The van der Waals surface area contributed by atoms with Gasteiger partial charge in [0.15, 0.2) is 0 Å². The van der Waals surface area contributed by atoms with Crippen LogP contribution < -0.4 is 4.74 Å². The third-order valence-corrected chi connectivity index (χ3v) is 3.33. The molecule has 1 aromatic carbocycles. The van der Waals surface area contributed by atoms with Gasteiger partial charge in [-0.05, 0) is 52.2 Å². The number of hydrogen-bond donors (Lipinski definition) is 1. The van der Waals surface area contributed by atoms with Gasteiger partial charge >= 0.3 is 0 Å². The molecule has 2 aromatic rings. The summed E-state index contributed by atoms with van der Waals surface area (Å²) >= 11 is 3.34. The van der Waals surface area contributed by atoms with E-state index in [9.17, 15) is 5.11 Å². The highest BCUT2D eigenvalue weighted by atomic mass is 79.9. The molecule has 19 heavy (non-hydrogen) atoms. The van der Waals surface area contributed by atoms with Crippen LogP contribution in [-0.4, -0.2) is 23.3 Å². The number of ether oxygens (including phenoxy) is 1. The molecule has 1 heterocycles. The minimum Gasteiger partial charge on any atom is -0.497 e. The van der Waals surface area contributed by atoms with Crippen molar-refractivity contribution in [3.8, 4) is 5.75 Å². The Labute approximate surface area is 121 Å². The Balaban J connectivity index is 1.92. The lowest BCUT2D eigenvalue weighted by molar-refractivity contribution is 0.174. The first-order chi connectivity index (χ1) is 9.17. The maximum atomic E-state index is 10.1. The Morgan fingerprint density at radius 1 is 1.16 bits per heavy atom. The topological polar surface area (TPSA) is 42.4 Å². The number of nitrogens with zero attached hydrogens (tertiary/aromatic N) is 1. The molecular formula is C15H16BrNO2. The number of aliphatic hydroxyl groups is 1. The van der Waals surface area contributed by atoms with Crippen molar-refractivity contribution in [2.75, 3.05) is 7.11 Å². The summed E-state index contributed by atoms with van der Waals surface area (Å²) in [5.41, 5.74) is 1.98. The largest absolute Gasteiger partial charge is 0.497 e. The van der Waals surface area contributed by atoms with Crippen LogP contribution in [0.5, 0.6) is 5.75 Å². The van der Waals surface area contributed by atoms with Gasteiger partial charge in [0.2, 0.25) is 0 Å². The van der Waals surface area contributed by atoms with Crippen molar-refractivity contribution in [2.24, 2.45) is 0 Å². The monoisotopic (exact) mass is 321 g/mol. The van der Waals surface area contributed by atoms with Crippen molar-refractivity contribution in [3.63, 3.8) is 0 Å². The summed E-state index contributed by atoms with van der Waals surface area (Å²) in [6.07, 6.45) is 2.48. The van der Waals surface area contributed by atoms with Crippen molar-refractivity contribution < 1.29 is 9.84 Å². The molecule has 2 rings (SSSR count). The Morgan fingerprint density at radius 3 is 2.47 bits per heavy atom. The fourth-order valence-electron chi connectivity index (χ4n) is 1.87. The Hall–Kier alpha value is -1.39. The molecule has 0 aliphatic heterocycles. The highest BCUT2D eigenvalue weighted by Crippen LogP contribution is 2.14. The summed E-state index contributed by atoms with van der Waals surface area (Å²) in [5, 5.41) is 10.1. The number of benzene rings is 1. The van der Waals surface area contributed by atoms with Crippen molar-refractivity contribution in [1.82, 2.24) is 4.98 Å². The number of pyridine rings is 1. The molecule has 1 unspecified atom stereocenters. The third-order valence-electron chi connectivity index (χ3n) is 2.86. The lowest BCUT2D eigenvalue weighted by Gasteiger charge is -2.10. The summed E-state index contributed by atoms with van der Waals surface area (Å²) in [7, 11) is 1.64. The van der Waals surface area contributed by atoms with E-state index < -0.39 is 6.10 Å². The summed E-state index contributed by atoms with van der Waals surface area (Å²) in [6.45, 7) is 0. The first-order valence-electron chi connectivity index (χ1n) is 6.09. The number of aromatic nitrogens is 1. The predicted molar refractivity (Wildman–Crippen MR) is 78.3 cm³/mol. The van der Waals surface area contributed by atoms with Gasteiger partial charge in [-0.3, -0.25) is 4.98 Å². The average Bonchev–Trinajstić information content (AvgIpc) is 2.42. The van der Waals surface area contributed by atoms with Gasteiger partial charge < -0.3 is 9.84 Å². The lowest BCUT2D eigenvalue weighted by atomic mass is 10.0. The lowest BCUT2D eigenvalue weighted by Crippen LogP contribution is -2.14. The van der Waals surface area contributed by atoms with E-state index in [0.717, 1.165) is 21.5 Å². The molecule has 0 saturated carbocycles. The summed E-state index contributed by atoms with van der Waals surface area (Å²) < 4.78 is 6.05. The minimum atomic E-state index is -0.429. The molecule has 0 fully saturated rings. The van der Waals surface area contributed by atoms with Crippen LogP contribution in [0.4, 0.5) is 0 Å². The fraction of sp³-hybridized carbons (Fsp3) is 0.267. The molecule has 0 aliphatic carbocycles. The van der Waals surface area contributed by atoms with Crippen molar-refractivity contribution in [3.05, 3.63) is 58.3 Å². The van der Waals surface area contributed by atoms with Gasteiger partial charge in [0, 0.05) is 22.8 Å². The molecule has 0 spiro atoms. The van der Waals surface area contributed by atoms with Gasteiger partial charge in [-0.1, -0.05) is 12.1 Å². The first kappa shape index (κ1) is 14.0. The van der Waals surface area contributed by atoms with Gasteiger partial charge in [-0.2, -0.15) is 0 Å². The molecule has 0 aliphatic rings.